The van der Waals surface area contributed by atoms with Gasteiger partial charge in [-0.2, -0.15) is 0 Å². The van der Waals surface area contributed by atoms with E-state index in [1.165, 1.54) is 0 Å². The minimum atomic E-state index is -0.0246. The fourth-order valence-corrected chi connectivity index (χ4v) is 3.57. The van der Waals surface area contributed by atoms with E-state index in [9.17, 15) is 4.79 Å². The van der Waals surface area contributed by atoms with E-state index in [0.29, 0.717) is 11.2 Å². The van der Waals surface area contributed by atoms with Crippen LogP contribution in [0, 0.1) is 0 Å². The Morgan fingerprint density at radius 2 is 2.00 bits per heavy atom. The third-order valence-corrected chi connectivity index (χ3v) is 5.05. The minimum Gasteiger partial charge on any atom is -0.354 e. The number of aryl methyl sites for hydroxylation is 1. The number of aromatic nitrogens is 3. The van der Waals surface area contributed by atoms with Crippen LogP contribution >= 0.6 is 0 Å². The van der Waals surface area contributed by atoms with Crippen molar-refractivity contribution in [1.82, 2.24) is 19.7 Å². The van der Waals surface area contributed by atoms with Crippen molar-refractivity contribution in [3.8, 4) is 11.1 Å². The summed E-state index contributed by atoms with van der Waals surface area (Å²) < 4.78 is 1.62. The predicted octanol–water partition coefficient (Wildman–Crippen LogP) is 2.51. The van der Waals surface area contributed by atoms with E-state index in [0.717, 1.165) is 62.5 Å². The lowest BCUT2D eigenvalue weighted by Gasteiger charge is -2.28. The van der Waals surface area contributed by atoms with E-state index in [1.54, 1.807) is 10.6 Å². The molecule has 1 fully saturated rings. The summed E-state index contributed by atoms with van der Waals surface area (Å²) in [5, 5.41) is 3.35. The van der Waals surface area contributed by atoms with Crippen LogP contribution in [0.5, 0.6) is 0 Å². The van der Waals surface area contributed by atoms with Crippen molar-refractivity contribution < 1.29 is 0 Å². The Hall–Kier alpha value is -2.73. The number of anilines is 1. The van der Waals surface area contributed by atoms with Crippen LogP contribution in [-0.2, 0) is 6.42 Å². The highest BCUT2D eigenvalue weighted by atomic mass is 16.1. The monoisotopic (exact) mass is 363 g/mol. The van der Waals surface area contributed by atoms with Crippen LogP contribution < -0.4 is 15.8 Å². The first kappa shape index (κ1) is 17.7. The second-order valence-corrected chi connectivity index (χ2v) is 6.91. The van der Waals surface area contributed by atoms with Gasteiger partial charge in [-0.05, 0) is 37.1 Å². The number of nitrogens with zero attached hydrogens (tertiary/aromatic N) is 4. The number of nitrogens with one attached hydrogen (secondary N) is 1. The first-order chi connectivity index (χ1) is 13.3. The van der Waals surface area contributed by atoms with Gasteiger partial charge in [-0.3, -0.25) is 9.20 Å². The number of rotatable bonds is 5. The Labute approximate surface area is 158 Å². The topological polar surface area (TPSA) is 62.5 Å². The predicted molar refractivity (Wildman–Crippen MR) is 108 cm³/mol. The highest BCUT2D eigenvalue weighted by Crippen LogP contribution is 2.23. The number of hydrogen-bond acceptors (Lipinski definition) is 5. The smallest absolute Gasteiger partial charge is 0.266 e. The highest BCUT2D eigenvalue weighted by molar-refractivity contribution is 5.67. The molecule has 0 unspecified atom stereocenters. The maximum Gasteiger partial charge on any atom is 0.266 e. The summed E-state index contributed by atoms with van der Waals surface area (Å²) in [7, 11) is 0. The molecule has 1 N–H and O–H groups in total. The summed E-state index contributed by atoms with van der Waals surface area (Å²) in [5.41, 5.74) is 3.05. The van der Waals surface area contributed by atoms with E-state index in [1.807, 2.05) is 36.5 Å². The molecule has 3 aromatic heterocycles. The Bertz CT molecular complexity index is 974. The first-order valence-corrected chi connectivity index (χ1v) is 9.70. The van der Waals surface area contributed by atoms with E-state index in [-0.39, 0.29) is 5.56 Å². The molecule has 4 rings (SSSR count). The second kappa shape index (κ2) is 7.88. The minimum absolute atomic E-state index is 0.0246. The molecule has 27 heavy (non-hydrogen) atoms. The Morgan fingerprint density at radius 1 is 1.15 bits per heavy atom. The van der Waals surface area contributed by atoms with Crippen molar-refractivity contribution in [2.75, 3.05) is 31.1 Å². The van der Waals surface area contributed by atoms with Gasteiger partial charge in [-0.25, -0.2) is 9.97 Å². The quantitative estimate of drug-likeness (QED) is 0.755. The van der Waals surface area contributed by atoms with Crippen molar-refractivity contribution in [3.63, 3.8) is 0 Å². The molecular weight excluding hydrogens is 338 g/mol. The van der Waals surface area contributed by atoms with E-state index in [4.69, 9.17) is 4.98 Å². The van der Waals surface area contributed by atoms with Gasteiger partial charge in [0.05, 0.1) is 11.3 Å². The molecular formula is C21H25N5O. The van der Waals surface area contributed by atoms with Crippen molar-refractivity contribution in [2.24, 2.45) is 0 Å². The van der Waals surface area contributed by atoms with Gasteiger partial charge in [-0.1, -0.05) is 19.4 Å². The highest BCUT2D eigenvalue weighted by Gasteiger charge is 2.16. The molecule has 6 nitrogen and oxygen atoms in total. The third kappa shape index (κ3) is 3.57. The van der Waals surface area contributed by atoms with Crippen molar-refractivity contribution in [2.45, 2.75) is 26.2 Å². The lowest BCUT2D eigenvalue weighted by atomic mass is 10.0. The molecule has 0 aliphatic carbocycles. The van der Waals surface area contributed by atoms with Crippen molar-refractivity contribution >= 4 is 11.5 Å². The Kier molecular flexibility index (Phi) is 5.16. The summed E-state index contributed by atoms with van der Waals surface area (Å²) in [6, 6.07) is 9.68. The first-order valence-electron chi connectivity index (χ1n) is 9.70. The standard InChI is InChI=1S/C21H25N5O/c1-2-3-6-17-20(21(27)26-12-5-4-7-19(26)24-17)16-8-9-18(23-15-16)25-13-10-22-11-14-25/h4-5,7-9,12,15,22H,2-3,6,10-11,13-14H2,1H3. The summed E-state index contributed by atoms with van der Waals surface area (Å²) >= 11 is 0. The number of pyridine rings is 2. The van der Waals surface area contributed by atoms with Gasteiger partial charge in [0, 0.05) is 44.1 Å². The SMILES string of the molecule is CCCCc1nc2ccccn2c(=O)c1-c1ccc(N2CCNCC2)nc1. The fourth-order valence-electron chi connectivity index (χ4n) is 3.57. The number of fused-ring (bicyclic) bond motifs is 1. The van der Waals surface area contributed by atoms with Gasteiger partial charge in [0.25, 0.3) is 5.56 Å². The van der Waals surface area contributed by atoms with Crippen LogP contribution in [0.25, 0.3) is 16.8 Å². The lowest BCUT2D eigenvalue weighted by Crippen LogP contribution is -2.43. The Morgan fingerprint density at radius 3 is 2.74 bits per heavy atom. The zero-order valence-corrected chi connectivity index (χ0v) is 15.7. The van der Waals surface area contributed by atoms with Crippen LogP contribution in [0.15, 0.2) is 47.5 Å². The van der Waals surface area contributed by atoms with Gasteiger partial charge in [0.2, 0.25) is 0 Å². The summed E-state index contributed by atoms with van der Waals surface area (Å²) in [4.78, 5) is 24.9. The molecule has 0 saturated carbocycles. The average molecular weight is 363 g/mol. The average Bonchev–Trinajstić information content (AvgIpc) is 2.73. The summed E-state index contributed by atoms with van der Waals surface area (Å²) in [6.45, 7) is 6.00. The normalized spacial score (nSPS) is 14.6. The van der Waals surface area contributed by atoms with Crippen LogP contribution in [0.2, 0.25) is 0 Å². The van der Waals surface area contributed by atoms with Crippen LogP contribution in [-0.4, -0.2) is 40.5 Å². The molecule has 0 atom stereocenters. The largest absolute Gasteiger partial charge is 0.354 e. The maximum absolute atomic E-state index is 13.2. The van der Waals surface area contributed by atoms with Crippen molar-refractivity contribution in [1.29, 1.82) is 0 Å². The van der Waals surface area contributed by atoms with Gasteiger partial charge in [0.15, 0.2) is 0 Å². The summed E-state index contributed by atoms with van der Waals surface area (Å²) in [5.74, 6) is 0.962. The molecule has 0 radical (unpaired) electrons. The second-order valence-electron chi connectivity index (χ2n) is 6.91. The number of piperazine rings is 1. The van der Waals surface area contributed by atoms with Gasteiger partial charge in [-0.15, -0.1) is 0 Å². The number of unbranched alkanes of at least 4 members (excludes halogenated alkanes) is 1. The van der Waals surface area contributed by atoms with Gasteiger partial charge < -0.3 is 10.2 Å². The molecule has 3 aromatic rings. The maximum atomic E-state index is 13.2. The fraction of sp³-hybridized carbons (Fsp3) is 0.381. The molecule has 0 aromatic carbocycles. The molecule has 6 heteroatoms. The van der Waals surface area contributed by atoms with Crippen LogP contribution in [0.4, 0.5) is 5.82 Å². The third-order valence-electron chi connectivity index (χ3n) is 5.05. The summed E-state index contributed by atoms with van der Waals surface area (Å²) in [6.07, 6.45) is 6.47. The van der Waals surface area contributed by atoms with Crippen molar-refractivity contribution in [3.05, 3.63) is 58.8 Å². The van der Waals surface area contributed by atoms with Crippen LogP contribution in [0.3, 0.4) is 0 Å². The van der Waals surface area contributed by atoms with Gasteiger partial charge in [0.1, 0.15) is 11.5 Å². The van der Waals surface area contributed by atoms with Crippen LogP contribution in [0.1, 0.15) is 25.5 Å². The molecule has 1 saturated heterocycles. The molecule has 0 bridgehead atoms. The molecule has 0 amide bonds. The molecule has 140 valence electrons. The van der Waals surface area contributed by atoms with E-state index < -0.39 is 0 Å². The molecule has 0 spiro atoms. The molecule has 4 heterocycles. The number of hydrogen-bond donors (Lipinski definition) is 1. The Balaban J connectivity index is 1.77. The molecule has 1 aliphatic heterocycles. The van der Waals surface area contributed by atoms with E-state index >= 15 is 0 Å². The zero-order chi connectivity index (χ0) is 18.6. The zero-order valence-electron chi connectivity index (χ0n) is 15.7. The lowest BCUT2D eigenvalue weighted by molar-refractivity contribution is 0.585. The molecule has 1 aliphatic rings. The van der Waals surface area contributed by atoms with Gasteiger partial charge >= 0.3 is 0 Å². The van der Waals surface area contributed by atoms with E-state index in [2.05, 4.69) is 22.1 Å².